The predicted molar refractivity (Wildman–Crippen MR) is 107 cm³/mol. The molecule has 0 saturated carbocycles. The minimum absolute atomic E-state index is 0.281. The van der Waals surface area contributed by atoms with Gasteiger partial charge in [0.2, 0.25) is 0 Å². The summed E-state index contributed by atoms with van der Waals surface area (Å²) in [7, 11) is 6.00. The van der Waals surface area contributed by atoms with Crippen LogP contribution in [0, 0.1) is 20.8 Å². The normalized spacial score (nSPS) is 13.2. The first-order valence-electron chi connectivity index (χ1n) is 8.51. The Morgan fingerprint density at radius 2 is 1.84 bits per heavy atom. The van der Waals surface area contributed by atoms with Crippen molar-refractivity contribution in [2.75, 3.05) is 27.7 Å². The average Bonchev–Trinajstić information content (AvgIpc) is 2.90. The first-order chi connectivity index (χ1) is 11.9. The van der Waals surface area contributed by atoms with Crippen LogP contribution in [0.25, 0.3) is 0 Å². The number of guanidine groups is 1. The molecule has 0 fully saturated rings. The molecule has 0 amide bonds. The van der Waals surface area contributed by atoms with Gasteiger partial charge in [0.25, 0.3) is 0 Å². The van der Waals surface area contributed by atoms with Gasteiger partial charge < -0.3 is 15.5 Å². The summed E-state index contributed by atoms with van der Waals surface area (Å²) in [6.45, 7) is 7.74. The van der Waals surface area contributed by atoms with E-state index in [0.29, 0.717) is 6.54 Å². The highest BCUT2D eigenvalue weighted by molar-refractivity contribution is 7.11. The van der Waals surface area contributed by atoms with Crippen molar-refractivity contribution in [1.29, 1.82) is 0 Å². The summed E-state index contributed by atoms with van der Waals surface area (Å²) in [6, 6.07) is 8.99. The Hall–Kier alpha value is -1.92. The maximum Gasteiger partial charge on any atom is 0.191 e. The highest BCUT2D eigenvalue weighted by atomic mass is 32.1. The van der Waals surface area contributed by atoms with E-state index in [2.05, 4.69) is 77.7 Å². The number of rotatable bonds is 6. The van der Waals surface area contributed by atoms with Crippen molar-refractivity contribution in [3.05, 3.63) is 51.0 Å². The van der Waals surface area contributed by atoms with Gasteiger partial charge in [0, 0.05) is 18.5 Å². The molecule has 1 atom stereocenters. The van der Waals surface area contributed by atoms with Crippen LogP contribution in [-0.2, 0) is 6.54 Å². The molecule has 2 rings (SSSR count). The number of aromatic nitrogens is 1. The lowest BCUT2D eigenvalue weighted by molar-refractivity contribution is 0.298. The molecule has 1 aromatic heterocycles. The second-order valence-electron chi connectivity index (χ2n) is 6.45. The SMILES string of the molecule is CN=C(NCc1nc(C)c(C)s1)NCC(c1ccc(C)cc1)N(C)C. The maximum atomic E-state index is 4.56. The van der Waals surface area contributed by atoms with E-state index in [-0.39, 0.29) is 6.04 Å². The Morgan fingerprint density at radius 1 is 1.16 bits per heavy atom. The van der Waals surface area contributed by atoms with Crippen LogP contribution in [0.2, 0.25) is 0 Å². The third kappa shape index (κ3) is 5.54. The van der Waals surface area contributed by atoms with Crippen molar-refractivity contribution in [1.82, 2.24) is 20.5 Å². The van der Waals surface area contributed by atoms with Crippen LogP contribution in [-0.4, -0.2) is 43.5 Å². The molecule has 0 spiro atoms. The molecule has 136 valence electrons. The van der Waals surface area contributed by atoms with Crippen LogP contribution in [0.3, 0.4) is 0 Å². The van der Waals surface area contributed by atoms with Crippen LogP contribution in [0.1, 0.15) is 32.7 Å². The van der Waals surface area contributed by atoms with Crippen LogP contribution < -0.4 is 10.6 Å². The Morgan fingerprint density at radius 3 is 2.36 bits per heavy atom. The van der Waals surface area contributed by atoms with Crippen LogP contribution in [0.5, 0.6) is 0 Å². The van der Waals surface area contributed by atoms with Crippen molar-refractivity contribution in [2.45, 2.75) is 33.4 Å². The first-order valence-corrected chi connectivity index (χ1v) is 9.32. The van der Waals surface area contributed by atoms with Gasteiger partial charge in [-0.15, -0.1) is 11.3 Å². The number of aryl methyl sites for hydroxylation is 3. The number of likely N-dealkylation sites (N-methyl/N-ethyl adjacent to an activating group) is 1. The van der Waals surface area contributed by atoms with Crippen molar-refractivity contribution in [3.63, 3.8) is 0 Å². The minimum atomic E-state index is 0.281. The second kappa shape index (κ2) is 8.97. The predicted octanol–water partition coefficient (Wildman–Crippen LogP) is 3.04. The van der Waals surface area contributed by atoms with E-state index < -0.39 is 0 Å². The van der Waals surface area contributed by atoms with E-state index in [4.69, 9.17) is 0 Å². The fourth-order valence-corrected chi connectivity index (χ4v) is 3.45. The van der Waals surface area contributed by atoms with Crippen molar-refractivity contribution >= 4 is 17.3 Å². The highest BCUT2D eigenvalue weighted by Crippen LogP contribution is 2.18. The van der Waals surface area contributed by atoms with Crippen molar-refractivity contribution in [3.8, 4) is 0 Å². The van der Waals surface area contributed by atoms with Gasteiger partial charge in [-0.25, -0.2) is 4.98 Å². The summed E-state index contributed by atoms with van der Waals surface area (Å²) >= 11 is 1.73. The van der Waals surface area contributed by atoms with Crippen LogP contribution in [0.4, 0.5) is 0 Å². The molecule has 6 heteroatoms. The molecule has 5 nitrogen and oxygen atoms in total. The van der Waals surface area contributed by atoms with Crippen molar-refractivity contribution in [2.24, 2.45) is 4.99 Å². The largest absolute Gasteiger partial charge is 0.354 e. The van der Waals surface area contributed by atoms with Crippen LogP contribution in [0.15, 0.2) is 29.3 Å². The molecule has 2 aromatic rings. The number of thiazole rings is 1. The zero-order chi connectivity index (χ0) is 18.4. The molecule has 0 aliphatic carbocycles. The van der Waals surface area contributed by atoms with Gasteiger partial charge in [0.15, 0.2) is 5.96 Å². The standard InChI is InChI=1S/C19H29N5S/c1-13-7-9-16(10-8-13)17(24(5)6)11-21-19(20-4)22-12-18-23-14(2)15(3)25-18/h7-10,17H,11-12H2,1-6H3,(H2,20,21,22). The molecule has 2 N–H and O–H groups in total. The smallest absolute Gasteiger partial charge is 0.191 e. The second-order valence-corrected chi connectivity index (χ2v) is 7.73. The van der Waals surface area contributed by atoms with E-state index >= 15 is 0 Å². The molecule has 1 aromatic carbocycles. The number of benzene rings is 1. The topological polar surface area (TPSA) is 52.6 Å². The Bertz CT molecular complexity index is 684. The average molecular weight is 360 g/mol. The molecule has 0 aliphatic rings. The van der Waals surface area contributed by atoms with Gasteiger partial charge in [-0.3, -0.25) is 4.99 Å². The van der Waals surface area contributed by atoms with Gasteiger partial charge in [0.05, 0.1) is 18.3 Å². The molecule has 0 aliphatic heterocycles. The molecule has 0 radical (unpaired) electrons. The molecule has 0 saturated heterocycles. The number of hydrogen-bond acceptors (Lipinski definition) is 4. The van der Waals surface area contributed by atoms with Crippen molar-refractivity contribution < 1.29 is 0 Å². The van der Waals surface area contributed by atoms with Gasteiger partial charge in [-0.1, -0.05) is 29.8 Å². The molecule has 1 unspecified atom stereocenters. The number of nitrogens with one attached hydrogen (secondary N) is 2. The Kier molecular flexibility index (Phi) is 6.96. The quantitative estimate of drug-likeness (QED) is 0.615. The maximum absolute atomic E-state index is 4.56. The van der Waals surface area contributed by atoms with E-state index in [9.17, 15) is 0 Å². The summed E-state index contributed by atoms with van der Waals surface area (Å²) in [4.78, 5) is 12.4. The number of aliphatic imine (C=N–C) groups is 1. The summed E-state index contributed by atoms with van der Waals surface area (Å²) in [5, 5.41) is 7.86. The van der Waals surface area contributed by atoms with E-state index in [1.54, 1.807) is 18.4 Å². The summed E-state index contributed by atoms with van der Waals surface area (Å²) in [6.07, 6.45) is 0. The summed E-state index contributed by atoms with van der Waals surface area (Å²) in [5.74, 6) is 0.796. The minimum Gasteiger partial charge on any atom is -0.354 e. The van der Waals surface area contributed by atoms with E-state index in [0.717, 1.165) is 23.2 Å². The Balaban J connectivity index is 1.94. The fourth-order valence-electron chi connectivity index (χ4n) is 2.58. The lowest BCUT2D eigenvalue weighted by Crippen LogP contribution is -2.41. The molecule has 0 bridgehead atoms. The zero-order valence-corrected chi connectivity index (χ0v) is 16.9. The summed E-state index contributed by atoms with van der Waals surface area (Å²) in [5.41, 5.74) is 3.68. The van der Waals surface area contributed by atoms with Gasteiger partial charge in [0.1, 0.15) is 5.01 Å². The van der Waals surface area contributed by atoms with Crippen LogP contribution >= 0.6 is 11.3 Å². The van der Waals surface area contributed by atoms with Gasteiger partial charge >= 0.3 is 0 Å². The lowest BCUT2D eigenvalue weighted by atomic mass is 10.0. The van der Waals surface area contributed by atoms with Gasteiger partial charge in [-0.2, -0.15) is 0 Å². The highest BCUT2D eigenvalue weighted by Gasteiger charge is 2.14. The first kappa shape index (κ1) is 19.4. The number of nitrogens with zero attached hydrogens (tertiary/aromatic N) is 3. The third-order valence-electron chi connectivity index (χ3n) is 4.25. The third-order valence-corrected chi connectivity index (χ3v) is 5.32. The molecular formula is C19H29N5S. The van der Waals surface area contributed by atoms with Gasteiger partial charge in [-0.05, 0) is 40.4 Å². The molecular weight excluding hydrogens is 330 g/mol. The molecule has 25 heavy (non-hydrogen) atoms. The summed E-state index contributed by atoms with van der Waals surface area (Å²) < 4.78 is 0. The number of hydrogen-bond donors (Lipinski definition) is 2. The van der Waals surface area contributed by atoms with E-state index in [1.807, 2.05) is 6.92 Å². The van der Waals surface area contributed by atoms with E-state index in [1.165, 1.54) is 16.0 Å². The molecule has 1 heterocycles. The Labute approximate surface area is 155 Å². The fraction of sp³-hybridized carbons (Fsp3) is 0.474. The lowest BCUT2D eigenvalue weighted by Gasteiger charge is -2.26. The monoisotopic (exact) mass is 359 g/mol. The zero-order valence-electron chi connectivity index (χ0n) is 16.1.